The average molecular weight is 293 g/mol. The van der Waals surface area contributed by atoms with E-state index in [9.17, 15) is 4.79 Å². The standard InChI is InChI=1S/C17H29N2O2/c1-15(2)17(20)21-14-10-8-6-5-7-9-11-19-13-12-18(4)16(19)3/h12-13H,1,5-11,14H2,2-4H3/q+1. The minimum atomic E-state index is -0.273. The summed E-state index contributed by atoms with van der Waals surface area (Å²) in [6, 6.07) is 0. The molecule has 1 aromatic rings. The van der Waals surface area contributed by atoms with Crippen LogP contribution in [0.2, 0.25) is 0 Å². The summed E-state index contributed by atoms with van der Waals surface area (Å²) in [6.07, 6.45) is 11.3. The van der Waals surface area contributed by atoms with Gasteiger partial charge in [0.05, 0.1) is 20.2 Å². The predicted octanol–water partition coefficient (Wildman–Crippen LogP) is 3.08. The largest absolute Gasteiger partial charge is 0.462 e. The summed E-state index contributed by atoms with van der Waals surface area (Å²) in [5.41, 5.74) is 0.476. The Morgan fingerprint density at radius 3 is 2.43 bits per heavy atom. The van der Waals surface area contributed by atoms with Crippen LogP contribution in [0.3, 0.4) is 0 Å². The number of hydrogen-bond acceptors (Lipinski definition) is 2. The van der Waals surface area contributed by atoms with Crippen LogP contribution in [0, 0.1) is 6.92 Å². The lowest BCUT2D eigenvalue weighted by atomic mass is 10.1. The number of carbonyl (C=O) groups is 1. The van der Waals surface area contributed by atoms with Gasteiger partial charge >= 0.3 is 5.97 Å². The minimum absolute atomic E-state index is 0.273. The number of rotatable bonds is 10. The molecule has 0 saturated carbocycles. The second-order valence-corrected chi connectivity index (χ2v) is 5.69. The highest BCUT2D eigenvalue weighted by atomic mass is 16.5. The number of unbranched alkanes of at least 4 members (excludes halogenated alkanes) is 5. The van der Waals surface area contributed by atoms with Crippen LogP contribution in [0.1, 0.15) is 51.3 Å². The van der Waals surface area contributed by atoms with Crippen molar-refractivity contribution >= 4 is 5.97 Å². The third-order valence-electron chi connectivity index (χ3n) is 3.77. The minimum Gasteiger partial charge on any atom is -0.462 e. The first-order valence-corrected chi connectivity index (χ1v) is 7.86. The first-order valence-electron chi connectivity index (χ1n) is 7.86. The summed E-state index contributed by atoms with van der Waals surface area (Å²) >= 11 is 0. The van der Waals surface area contributed by atoms with Gasteiger partial charge in [0, 0.05) is 12.5 Å². The van der Waals surface area contributed by atoms with E-state index in [-0.39, 0.29) is 5.97 Å². The van der Waals surface area contributed by atoms with Crippen LogP contribution in [-0.2, 0) is 23.1 Å². The number of imidazole rings is 1. The highest BCUT2D eigenvalue weighted by molar-refractivity contribution is 5.86. The molecule has 1 rings (SSSR count). The number of esters is 1. The van der Waals surface area contributed by atoms with Gasteiger partial charge < -0.3 is 4.74 Å². The molecular formula is C17H29N2O2+. The molecule has 0 N–H and O–H groups in total. The van der Waals surface area contributed by atoms with Crippen LogP contribution in [-0.4, -0.2) is 17.1 Å². The van der Waals surface area contributed by atoms with E-state index in [0.29, 0.717) is 12.2 Å². The molecule has 118 valence electrons. The first kappa shape index (κ1) is 17.5. The van der Waals surface area contributed by atoms with Gasteiger partial charge in [-0.1, -0.05) is 25.8 Å². The van der Waals surface area contributed by atoms with E-state index in [1.54, 1.807) is 6.92 Å². The Hall–Kier alpha value is -1.58. The summed E-state index contributed by atoms with van der Waals surface area (Å²) in [5.74, 6) is 1.03. The molecule has 0 radical (unpaired) electrons. The van der Waals surface area contributed by atoms with Gasteiger partial charge in [0.2, 0.25) is 0 Å². The van der Waals surface area contributed by atoms with Crippen LogP contribution in [0.4, 0.5) is 0 Å². The molecule has 0 bridgehead atoms. The van der Waals surface area contributed by atoms with Gasteiger partial charge in [-0.2, -0.15) is 0 Å². The predicted molar refractivity (Wildman–Crippen MR) is 83.8 cm³/mol. The molecule has 0 spiro atoms. The maximum atomic E-state index is 11.2. The monoisotopic (exact) mass is 293 g/mol. The van der Waals surface area contributed by atoms with Crippen molar-refractivity contribution in [3.8, 4) is 0 Å². The smallest absolute Gasteiger partial charge is 0.333 e. The normalized spacial score (nSPS) is 10.6. The maximum Gasteiger partial charge on any atom is 0.333 e. The van der Waals surface area contributed by atoms with E-state index in [2.05, 4.69) is 42.1 Å². The van der Waals surface area contributed by atoms with Crippen molar-refractivity contribution in [3.05, 3.63) is 30.4 Å². The Morgan fingerprint density at radius 1 is 1.24 bits per heavy atom. The fraction of sp³-hybridized carbons (Fsp3) is 0.647. The van der Waals surface area contributed by atoms with E-state index in [1.807, 2.05) is 0 Å². The molecule has 0 unspecified atom stereocenters. The van der Waals surface area contributed by atoms with Gasteiger partial charge in [-0.05, 0) is 26.2 Å². The Labute approximate surface area is 128 Å². The third kappa shape index (κ3) is 6.61. The summed E-state index contributed by atoms with van der Waals surface area (Å²) in [6.45, 7) is 9.00. The first-order chi connectivity index (χ1) is 10.0. The molecule has 0 amide bonds. The Kier molecular flexibility index (Phi) is 7.80. The highest BCUT2D eigenvalue weighted by Crippen LogP contribution is 2.07. The molecule has 0 fully saturated rings. The van der Waals surface area contributed by atoms with Gasteiger partial charge in [0.25, 0.3) is 5.82 Å². The third-order valence-corrected chi connectivity index (χ3v) is 3.77. The number of aromatic nitrogens is 2. The second-order valence-electron chi connectivity index (χ2n) is 5.69. The number of ether oxygens (including phenoxy) is 1. The van der Waals surface area contributed by atoms with Crippen LogP contribution in [0.5, 0.6) is 0 Å². The molecule has 0 aromatic carbocycles. The van der Waals surface area contributed by atoms with Crippen molar-refractivity contribution in [2.24, 2.45) is 7.05 Å². The lowest BCUT2D eigenvalue weighted by Gasteiger charge is -2.04. The van der Waals surface area contributed by atoms with E-state index in [4.69, 9.17) is 4.74 Å². The number of hydrogen-bond donors (Lipinski definition) is 0. The average Bonchev–Trinajstić information content (AvgIpc) is 2.77. The van der Waals surface area contributed by atoms with Crippen molar-refractivity contribution < 1.29 is 14.1 Å². The summed E-state index contributed by atoms with van der Waals surface area (Å²) in [5, 5.41) is 0. The quantitative estimate of drug-likeness (QED) is 0.288. The summed E-state index contributed by atoms with van der Waals surface area (Å²) in [7, 11) is 2.08. The lowest BCUT2D eigenvalue weighted by molar-refractivity contribution is -0.677. The van der Waals surface area contributed by atoms with Gasteiger partial charge in [0.1, 0.15) is 12.4 Å². The molecule has 1 heterocycles. The Bertz CT molecular complexity index is 463. The van der Waals surface area contributed by atoms with Crippen molar-refractivity contribution in [1.82, 2.24) is 4.57 Å². The van der Waals surface area contributed by atoms with E-state index >= 15 is 0 Å². The van der Waals surface area contributed by atoms with Crippen LogP contribution in [0.25, 0.3) is 0 Å². The molecular weight excluding hydrogens is 264 g/mol. The zero-order valence-electron chi connectivity index (χ0n) is 13.7. The molecule has 1 aromatic heterocycles. The Morgan fingerprint density at radius 2 is 1.86 bits per heavy atom. The maximum absolute atomic E-state index is 11.2. The number of nitrogens with zero attached hydrogens (tertiary/aromatic N) is 2. The number of carbonyl (C=O) groups excluding carboxylic acids is 1. The SMILES string of the molecule is C=C(C)C(=O)OCCCCCCCCn1cc[n+](C)c1C. The van der Waals surface area contributed by atoms with Crippen LogP contribution < -0.4 is 4.57 Å². The molecule has 0 aliphatic rings. The fourth-order valence-corrected chi connectivity index (χ4v) is 2.21. The number of aryl methyl sites for hydroxylation is 2. The molecule has 0 aliphatic carbocycles. The van der Waals surface area contributed by atoms with Gasteiger partial charge in [-0.25, -0.2) is 13.9 Å². The fourth-order valence-electron chi connectivity index (χ4n) is 2.21. The molecule has 21 heavy (non-hydrogen) atoms. The van der Waals surface area contributed by atoms with Gasteiger partial charge in [-0.15, -0.1) is 0 Å². The van der Waals surface area contributed by atoms with Gasteiger partial charge in [-0.3, -0.25) is 0 Å². The van der Waals surface area contributed by atoms with E-state index < -0.39 is 0 Å². The zero-order chi connectivity index (χ0) is 15.7. The van der Waals surface area contributed by atoms with E-state index in [0.717, 1.165) is 19.4 Å². The topological polar surface area (TPSA) is 35.1 Å². The Balaban J connectivity index is 1.94. The van der Waals surface area contributed by atoms with Crippen molar-refractivity contribution in [1.29, 1.82) is 0 Å². The van der Waals surface area contributed by atoms with Crippen molar-refractivity contribution in [2.75, 3.05) is 6.61 Å². The molecule has 0 atom stereocenters. The van der Waals surface area contributed by atoms with Crippen LogP contribution >= 0.6 is 0 Å². The molecule has 0 saturated heterocycles. The second kappa shape index (κ2) is 9.37. The zero-order valence-corrected chi connectivity index (χ0v) is 13.7. The molecule has 4 nitrogen and oxygen atoms in total. The van der Waals surface area contributed by atoms with Crippen molar-refractivity contribution in [3.63, 3.8) is 0 Å². The molecule has 4 heteroatoms. The van der Waals surface area contributed by atoms with Crippen LogP contribution in [0.15, 0.2) is 24.5 Å². The van der Waals surface area contributed by atoms with Crippen molar-refractivity contribution in [2.45, 2.75) is 58.9 Å². The summed E-state index contributed by atoms with van der Waals surface area (Å²) < 4.78 is 9.51. The summed E-state index contributed by atoms with van der Waals surface area (Å²) in [4.78, 5) is 11.2. The molecule has 0 aliphatic heterocycles. The highest BCUT2D eigenvalue weighted by Gasteiger charge is 2.07. The van der Waals surface area contributed by atoms with E-state index in [1.165, 1.54) is 31.5 Å². The lowest BCUT2D eigenvalue weighted by Crippen LogP contribution is -2.29. The van der Waals surface area contributed by atoms with Gasteiger partial charge in [0.15, 0.2) is 0 Å².